The van der Waals surface area contributed by atoms with E-state index in [4.69, 9.17) is 9.84 Å². The maximum Gasteiger partial charge on any atom is 0.334 e. The van der Waals surface area contributed by atoms with Gasteiger partial charge in [0.15, 0.2) is 6.10 Å². The fourth-order valence-corrected chi connectivity index (χ4v) is 3.53. The molecule has 1 aromatic rings. The van der Waals surface area contributed by atoms with Gasteiger partial charge in [0.05, 0.1) is 18.0 Å². The van der Waals surface area contributed by atoms with Gasteiger partial charge in [0.2, 0.25) is 10.0 Å². The number of aryl methyl sites for hydroxylation is 2. The minimum absolute atomic E-state index is 0.0844. The van der Waals surface area contributed by atoms with Gasteiger partial charge in [0.1, 0.15) is 0 Å². The summed E-state index contributed by atoms with van der Waals surface area (Å²) in [6, 6.07) is 4.90. The van der Waals surface area contributed by atoms with Crippen molar-refractivity contribution in [1.82, 2.24) is 4.31 Å². The molecule has 0 saturated carbocycles. The maximum atomic E-state index is 12.5. The van der Waals surface area contributed by atoms with Crippen LogP contribution in [0.25, 0.3) is 0 Å². The number of hydrogen-bond acceptors (Lipinski definition) is 4. The number of carboxylic acids is 1. The molecule has 2 rings (SSSR count). The van der Waals surface area contributed by atoms with Crippen LogP contribution in [0.15, 0.2) is 23.1 Å². The number of carbonyl (C=O) groups is 1. The van der Waals surface area contributed by atoms with Gasteiger partial charge < -0.3 is 9.84 Å². The first-order chi connectivity index (χ1) is 9.32. The third-order valence-corrected chi connectivity index (χ3v) is 5.28. The average molecular weight is 299 g/mol. The molecule has 1 fully saturated rings. The predicted octanol–water partition coefficient (Wildman–Crippen LogP) is 0.778. The number of carboxylic acid groups (broad SMARTS) is 1. The number of sulfonamides is 1. The minimum atomic E-state index is -3.68. The van der Waals surface area contributed by atoms with E-state index in [-0.39, 0.29) is 24.6 Å². The van der Waals surface area contributed by atoms with E-state index in [1.165, 1.54) is 4.31 Å². The molecule has 20 heavy (non-hydrogen) atoms. The summed E-state index contributed by atoms with van der Waals surface area (Å²) in [5, 5.41) is 8.93. The van der Waals surface area contributed by atoms with Crippen molar-refractivity contribution in [3.63, 3.8) is 0 Å². The lowest BCUT2D eigenvalue weighted by Crippen LogP contribution is -2.48. The molecule has 1 saturated heterocycles. The number of ether oxygens (including phenoxy) is 1. The van der Waals surface area contributed by atoms with Crippen molar-refractivity contribution in [1.29, 1.82) is 0 Å². The molecule has 0 aliphatic carbocycles. The minimum Gasteiger partial charge on any atom is -0.479 e. The Morgan fingerprint density at radius 3 is 2.65 bits per heavy atom. The van der Waals surface area contributed by atoms with Gasteiger partial charge in [-0.15, -0.1) is 0 Å². The highest BCUT2D eigenvalue weighted by Crippen LogP contribution is 2.21. The standard InChI is InChI=1S/C13H17NO5S/c1-9-3-4-11(7-10(9)2)20(17,18)14-5-6-19-12(8-14)13(15)16/h3-4,7,12H,5-6,8H2,1-2H3,(H,15,16). The van der Waals surface area contributed by atoms with Crippen LogP contribution in [-0.2, 0) is 19.6 Å². The summed E-state index contributed by atoms with van der Waals surface area (Å²) in [5.41, 5.74) is 1.89. The molecular formula is C13H17NO5S. The Balaban J connectivity index is 2.29. The molecule has 0 aromatic heterocycles. The zero-order valence-corrected chi connectivity index (χ0v) is 12.2. The number of benzene rings is 1. The second-order valence-corrected chi connectivity index (χ2v) is 6.74. The molecule has 1 aromatic carbocycles. The van der Waals surface area contributed by atoms with Gasteiger partial charge in [-0.05, 0) is 37.1 Å². The molecule has 0 amide bonds. The van der Waals surface area contributed by atoms with E-state index in [2.05, 4.69) is 0 Å². The first-order valence-corrected chi connectivity index (χ1v) is 7.68. The van der Waals surface area contributed by atoms with Crippen LogP contribution in [0.3, 0.4) is 0 Å². The molecule has 0 spiro atoms. The van der Waals surface area contributed by atoms with Crippen LogP contribution in [0.2, 0.25) is 0 Å². The number of nitrogens with zero attached hydrogens (tertiary/aromatic N) is 1. The number of hydrogen-bond donors (Lipinski definition) is 1. The van der Waals surface area contributed by atoms with Crippen LogP contribution in [-0.4, -0.2) is 49.6 Å². The Hall–Kier alpha value is -1.44. The first-order valence-electron chi connectivity index (χ1n) is 6.24. The predicted molar refractivity (Wildman–Crippen MR) is 72.1 cm³/mol. The molecule has 0 radical (unpaired) electrons. The average Bonchev–Trinajstić information content (AvgIpc) is 2.42. The normalized spacial score (nSPS) is 20.8. The van der Waals surface area contributed by atoms with Crippen molar-refractivity contribution in [2.75, 3.05) is 19.7 Å². The highest BCUT2D eigenvalue weighted by Gasteiger charge is 2.34. The zero-order chi connectivity index (χ0) is 14.9. The molecule has 1 unspecified atom stereocenters. The van der Waals surface area contributed by atoms with E-state index in [1.54, 1.807) is 18.2 Å². The Morgan fingerprint density at radius 2 is 2.05 bits per heavy atom. The van der Waals surface area contributed by atoms with Crippen LogP contribution in [0.4, 0.5) is 0 Å². The number of morpholine rings is 1. The molecule has 1 aliphatic rings. The van der Waals surface area contributed by atoms with Gasteiger partial charge in [-0.1, -0.05) is 6.07 Å². The summed E-state index contributed by atoms with van der Waals surface area (Å²) in [7, 11) is -3.68. The molecule has 6 nitrogen and oxygen atoms in total. The van der Waals surface area contributed by atoms with Crippen molar-refractivity contribution in [3.05, 3.63) is 29.3 Å². The number of rotatable bonds is 3. The molecular weight excluding hydrogens is 282 g/mol. The molecule has 1 heterocycles. The summed E-state index contributed by atoms with van der Waals surface area (Å²) >= 11 is 0. The fraction of sp³-hybridized carbons (Fsp3) is 0.462. The summed E-state index contributed by atoms with van der Waals surface area (Å²) in [6.07, 6.45) is -1.11. The highest BCUT2D eigenvalue weighted by atomic mass is 32.2. The van der Waals surface area contributed by atoms with E-state index in [0.29, 0.717) is 0 Å². The lowest BCUT2D eigenvalue weighted by molar-refractivity contribution is -0.153. The highest BCUT2D eigenvalue weighted by molar-refractivity contribution is 7.89. The van der Waals surface area contributed by atoms with Crippen molar-refractivity contribution < 1.29 is 23.1 Å². The van der Waals surface area contributed by atoms with Crippen LogP contribution < -0.4 is 0 Å². The Morgan fingerprint density at radius 1 is 1.35 bits per heavy atom. The van der Waals surface area contributed by atoms with E-state index >= 15 is 0 Å². The summed E-state index contributed by atoms with van der Waals surface area (Å²) in [6.45, 7) is 3.83. The van der Waals surface area contributed by atoms with Gasteiger partial charge in [-0.2, -0.15) is 4.31 Å². The zero-order valence-electron chi connectivity index (χ0n) is 11.4. The molecule has 1 atom stereocenters. The maximum absolute atomic E-state index is 12.5. The fourth-order valence-electron chi connectivity index (χ4n) is 2.02. The van der Waals surface area contributed by atoms with Crippen LogP contribution in [0, 0.1) is 13.8 Å². The molecule has 7 heteroatoms. The lowest BCUT2D eigenvalue weighted by atomic mass is 10.1. The van der Waals surface area contributed by atoms with Gasteiger partial charge >= 0.3 is 5.97 Å². The van der Waals surface area contributed by atoms with Gasteiger partial charge in [-0.25, -0.2) is 13.2 Å². The van der Waals surface area contributed by atoms with E-state index in [9.17, 15) is 13.2 Å². The summed E-state index contributed by atoms with van der Waals surface area (Å²) in [4.78, 5) is 11.1. The van der Waals surface area contributed by atoms with Crippen molar-refractivity contribution >= 4 is 16.0 Å². The van der Waals surface area contributed by atoms with Crippen LogP contribution in [0.5, 0.6) is 0 Å². The van der Waals surface area contributed by atoms with Crippen molar-refractivity contribution in [3.8, 4) is 0 Å². The lowest BCUT2D eigenvalue weighted by Gasteiger charge is -2.30. The van der Waals surface area contributed by atoms with Crippen LogP contribution >= 0.6 is 0 Å². The topological polar surface area (TPSA) is 83.9 Å². The monoisotopic (exact) mass is 299 g/mol. The Bertz CT molecular complexity index is 626. The Kier molecular flexibility index (Phi) is 4.12. The third kappa shape index (κ3) is 2.84. The SMILES string of the molecule is Cc1ccc(S(=O)(=O)N2CCOC(C(=O)O)C2)cc1C. The molecule has 1 aliphatic heterocycles. The third-order valence-electron chi connectivity index (χ3n) is 3.42. The van der Waals surface area contributed by atoms with Crippen molar-refractivity contribution in [2.24, 2.45) is 0 Å². The largest absolute Gasteiger partial charge is 0.479 e. The summed E-state index contributed by atoms with van der Waals surface area (Å²) < 4.78 is 31.2. The second-order valence-electron chi connectivity index (χ2n) is 4.81. The first kappa shape index (κ1) is 15.0. The van der Waals surface area contributed by atoms with E-state index < -0.39 is 22.1 Å². The second kappa shape index (κ2) is 5.51. The molecule has 0 bridgehead atoms. The van der Waals surface area contributed by atoms with E-state index in [0.717, 1.165) is 11.1 Å². The van der Waals surface area contributed by atoms with Gasteiger partial charge in [0.25, 0.3) is 0 Å². The Labute approximate surface area is 118 Å². The van der Waals surface area contributed by atoms with Gasteiger partial charge in [-0.3, -0.25) is 0 Å². The van der Waals surface area contributed by atoms with E-state index in [1.807, 2.05) is 13.8 Å². The van der Waals surface area contributed by atoms with Crippen molar-refractivity contribution in [2.45, 2.75) is 24.8 Å². The molecule has 110 valence electrons. The molecule has 1 N–H and O–H groups in total. The van der Waals surface area contributed by atoms with Gasteiger partial charge in [0, 0.05) is 6.54 Å². The smallest absolute Gasteiger partial charge is 0.334 e. The number of aliphatic carboxylic acids is 1. The van der Waals surface area contributed by atoms with Crippen LogP contribution in [0.1, 0.15) is 11.1 Å². The quantitative estimate of drug-likeness (QED) is 0.891. The summed E-state index contributed by atoms with van der Waals surface area (Å²) in [5.74, 6) is -1.15.